The highest BCUT2D eigenvalue weighted by molar-refractivity contribution is 5.76. The number of carbonyl (C=O) groups excluding carboxylic acids is 2. The molecule has 0 aliphatic rings. The number of carbonyl (C=O) groups is 2. The molecular weight excluding hydrogens is 368 g/mol. The molecule has 0 atom stereocenters. The number of amides is 1. The van der Waals surface area contributed by atoms with E-state index < -0.39 is 12.6 Å². The Bertz CT molecular complexity index is 761. The third-order valence-electron chi connectivity index (χ3n) is 3.95. The molecule has 0 bridgehead atoms. The molecule has 5 nitrogen and oxygen atoms in total. The SMILES string of the molecule is Cc1ccc(CCC(=O)NCCOC(=O)Cc2ccc(OC(F)F)cc2)cc1. The fourth-order valence-corrected chi connectivity index (χ4v) is 2.46. The number of esters is 1. The van der Waals surface area contributed by atoms with Crippen LogP contribution in [-0.2, 0) is 27.2 Å². The first-order chi connectivity index (χ1) is 13.4. The molecule has 0 heterocycles. The molecule has 150 valence electrons. The van der Waals surface area contributed by atoms with E-state index in [-0.39, 0.29) is 31.2 Å². The van der Waals surface area contributed by atoms with Gasteiger partial charge in [0, 0.05) is 6.42 Å². The third-order valence-corrected chi connectivity index (χ3v) is 3.95. The van der Waals surface area contributed by atoms with Crippen molar-refractivity contribution < 1.29 is 27.8 Å². The van der Waals surface area contributed by atoms with E-state index in [0.29, 0.717) is 18.4 Å². The van der Waals surface area contributed by atoms with Crippen LogP contribution in [0.15, 0.2) is 48.5 Å². The van der Waals surface area contributed by atoms with Crippen molar-refractivity contribution in [2.24, 2.45) is 0 Å². The lowest BCUT2D eigenvalue weighted by atomic mass is 10.1. The van der Waals surface area contributed by atoms with Gasteiger partial charge in [0.05, 0.1) is 13.0 Å². The number of hydrogen-bond donors (Lipinski definition) is 1. The Balaban J connectivity index is 1.60. The van der Waals surface area contributed by atoms with Crippen molar-refractivity contribution in [3.63, 3.8) is 0 Å². The van der Waals surface area contributed by atoms with Gasteiger partial charge in [-0.15, -0.1) is 0 Å². The van der Waals surface area contributed by atoms with Crippen LogP contribution in [0.25, 0.3) is 0 Å². The third kappa shape index (κ3) is 8.16. The van der Waals surface area contributed by atoms with Gasteiger partial charge in [0.25, 0.3) is 0 Å². The van der Waals surface area contributed by atoms with Crippen LogP contribution in [0.2, 0.25) is 0 Å². The Kier molecular flexibility index (Phi) is 8.39. The Morgan fingerprint density at radius 1 is 1.00 bits per heavy atom. The van der Waals surface area contributed by atoms with E-state index in [0.717, 1.165) is 5.56 Å². The molecule has 0 saturated carbocycles. The van der Waals surface area contributed by atoms with Crippen LogP contribution in [0, 0.1) is 6.92 Å². The molecule has 2 aromatic carbocycles. The molecule has 2 rings (SSSR count). The summed E-state index contributed by atoms with van der Waals surface area (Å²) in [7, 11) is 0. The minimum absolute atomic E-state index is 0.0102. The molecule has 2 aromatic rings. The Morgan fingerprint density at radius 2 is 1.64 bits per heavy atom. The Labute approximate surface area is 162 Å². The van der Waals surface area contributed by atoms with Crippen molar-refractivity contribution in [2.75, 3.05) is 13.2 Å². The minimum atomic E-state index is -2.89. The average Bonchev–Trinajstić information content (AvgIpc) is 2.66. The lowest BCUT2D eigenvalue weighted by Gasteiger charge is -2.08. The molecule has 0 saturated heterocycles. The molecule has 0 fully saturated rings. The van der Waals surface area contributed by atoms with Crippen LogP contribution in [0.5, 0.6) is 5.75 Å². The molecule has 0 spiro atoms. The highest BCUT2D eigenvalue weighted by Crippen LogP contribution is 2.15. The topological polar surface area (TPSA) is 64.6 Å². The number of benzene rings is 2. The number of halogens is 2. The Morgan fingerprint density at radius 3 is 2.29 bits per heavy atom. The van der Waals surface area contributed by atoms with Gasteiger partial charge in [0.2, 0.25) is 5.91 Å². The van der Waals surface area contributed by atoms with Gasteiger partial charge in [0.15, 0.2) is 0 Å². The largest absolute Gasteiger partial charge is 0.464 e. The van der Waals surface area contributed by atoms with Gasteiger partial charge in [-0.05, 0) is 36.6 Å². The minimum Gasteiger partial charge on any atom is -0.464 e. The summed E-state index contributed by atoms with van der Waals surface area (Å²) in [6, 6.07) is 13.8. The number of ether oxygens (including phenoxy) is 2. The zero-order valence-corrected chi connectivity index (χ0v) is 15.6. The standard InChI is InChI=1S/C21H23F2NO4/c1-15-2-4-16(5-3-15)8-11-19(25)24-12-13-27-20(26)14-17-6-9-18(10-7-17)28-21(22)23/h2-7,9-10,21H,8,11-14H2,1H3,(H,24,25). The van der Waals surface area contributed by atoms with Gasteiger partial charge in [-0.1, -0.05) is 42.0 Å². The maximum atomic E-state index is 12.1. The summed E-state index contributed by atoms with van der Waals surface area (Å²) in [5, 5.41) is 2.71. The van der Waals surface area contributed by atoms with E-state index in [1.807, 2.05) is 31.2 Å². The number of alkyl halides is 2. The summed E-state index contributed by atoms with van der Waals surface area (Å²) >= 11 is 0. The Hall–Kier alpha value is -2.96. The first-order valence-electron chi connectivity index (χ1n) is 8.94. The van der Waals surface area contributed by atoms with Crippen LogP contribution >= 0.6 is 0 Å². The summed E-state index contributed by atoms with van der Waals surface area (Å²) in [6.45, 7) is -0.571. The van der Waals surface area contributed by atoms with E-state index >= 15 is 0 Å². The molecule has 0 unspecified atom stereocenters. The van der Waals surface area contributed by atoms with Gasteiger partial charge >= 0.3 is 12.6 Å². The molecule has 1 N–H and O–H groups in total. The maximum absolute atomic E-state index is 12.1. The van der Waals surface area contributed by atoms with Gasteiger partial charge in [-0.3, -0.25) is 9.59 Å². The van der Waals surface area contributed by atoms with E-state index in [9.17, 15) is 18.4 Å². The highest BCUT2D eigenvalue weighted by Gasteiger charge is 2.08. The monoisotopic (exact) mass is 391 g/mol. The number of aryl methyl sites for hydroxylation is 2. The molecule has 28 heavy (non-hydrogen) atoms. The summed E-state index contributed by atoms with van der Waals surface area (Å²) in [5.74, 6) is -0.539. The number of nitrogens with one attached hydrogen (secondary N) is 1. The van der Waals surface area contributed by atoms with Gasteiger partial charge < -0.3 is 14.8 Å². The first kappa shape index (κ1) is 21.3. The molecule has 1 amide bonds. The van der Waals surface area contributed by atoms with E-state index in [4.69, 9.17) is 4.74 Å². The number of hydrogen-bond acceptors (Lipinski definition) is 4. The second kappa shape index (κ2) is 11.0. The smallest absolute Gasteiger partial charge is 0.387 e. The average molecular weight is 391 g/mol. The van der Waals surface area contributed by atoms with Crippen molar-refractivity contribution >= 4 is 11.9 Å². The summed E-state index contributed by atoms with van der Waals surface area (Å²) in [4.78, 5) is 23.6. The van der Waals surface area contributed by atoms with Crippen molar-refractivity contribution in [1.29, 1.82) is 0 Å². The van der Waals surface area contributed by atoms with Crippen LogP contribution in [0.3, 0.4) is 0 Å². The molecular formula is C21H23F2NO4. The van der Waals surface area contributed by atoms with Crippen molar-refractivity contribution in [3.05, 3.63) is 65.2 Å². The van der Waals surface area contributed by atoms with Crippen LogP contribution in [-0.4, -0.2) is 31.6 Å². The van der Waals surface area contributed by atoms with Crippen LogP contribution in [0.4, 0.5) is 8.78 Å². The fourth-order valence-electron chi connectivity index (χ4n) is 2.46. The maximum Gasteiger partial charge on any atom is 0.387 e. The van der Waals surface area contributed by atoms with Gasteiger partial charge in [-0.2, -0.15) is 8.78 Å². The molecule has 0 radical (unpaired) electrons. The molecule has 0 aliphatic carbocycles. The van der Waals surface area contributed by atoms with Crippen LogP contribution in [0.1, 0.15) is 23.1 Å². The molecule has 7 heteroatoms. The second-order valence-electron chi connectivity index (χ2n) is 6.26. The summed E-state index contributed by atoms with van der Waals surface area (Å²) in [6.07, 6.45) is 1.03. The lowest BCUT2D eigenvalue weighted by molar-refractivity contribution is -0.143. The van der Waals surface area contributed by atoms with E-state index in [1.165, 1.54) is 29.8 Å². The van der Waals surface area contributed by atoms with Gasteiger partial charge in [-0.25, -0.2) is 0 Å². The summed E-state index contributed by atoms with van der Waals surface area (Å²) < 4.78 is 33.5. The first-order valence-corrected chi connectivity index (χ1v) is 8.94. The lowest BCUT2D eigenvalue weighted by Crippen LogP contribution is -2.28. The van der Waals surface area contributed by atoms with Crippen molar-refractivity contribution in [2.45, 2.75) is 32.8 Å². The fraction of sp³-hybridized carbons (Fsp3) is 0.333. The quantitative estimate of drug-likeness (QED) is 0.498. The summed E-state index contributed by atoms with van der Waals surface area (Å²) in [5.41, 5.74) is 2.89. The van der Waals surface area contributed by atoms with E-state index in [1.54, 1.807) is 0 Å². The zero-order chi connectivity index (χ0) is 20.4. The molecule has 0 aromatic heterocycles. The number of rotatable bonds is 10. The van der Waals surface area contributed by atoms with Crippen LogP contribution < -0.4 is 10.1 Å². The van der Waals surface area contributed by atoms with E-state index in [2.05, 4.69) is 10.1 Å². The normalized spacial score (nSPS) is 10.6. The predicted molar refractivity (Wildman–Crippen MR) is 100 cm³/mol. The predicted octanol–water partition coefficient (Wildman–Crippen LogP) is 3.43. The van der Waals surface area contributed by atoms with Gasteiger partial charge in [0.1, 0.15) is 12.4 Å². The zero-order valence-electron chi connectivity index (χ0n) is 15.6. The second-order valence-corrected chi connectivity index (χ2v) is 6.26. The van der Waals surface area contributed by atoms with Crippen molar-refractivity contribution in [1.82, 2.24) is 5.32 Å². The molecule has 0 aliphatic heterocycles. The highest BCUT2D eigenvalue weighted by atomic mass is 19.3. The van der Waals surface area contributed by atoms with Crippen molar-refractivity contribution in [3.8, 4) is 5.75 Å².